The molecule has 0 aliphatic heterocycles. The number of carbonyl (C=O) groups is 1. The first kappa shape index (κ1) is 11.5. The predicted molar refractivity (Wildman–Crippen MR) is 61.9 cm³/mol. The van der Waals surface area contributed by atoms with Gasteiger partial charge in [0.1, 0.15) is 5.82 Å². The second-order valence-electron chi connectivity index (χ2n) is 6.12. The Bertz CT molecular complexity index is 567. The summed E-state index contributed by atoms with van der Waals surface area (Å²) in [7, 11) is 0. The Hall–Kier alpha value is -1.32. The molecule has 19 heavy (non-hydrogen) atoms. The molecule has 4 unspecified atom stereocenters. The van der Waals surface area contributed by atoms with Crippen LogP contribution in [0.15, 0.2) is 12.1 Å². The van der Waals surface area contributed by atoms with Crippen molar-refractivity contribution < 1.29 is 18.0 Å². The molecule has 4 atom stereocenters. The number of halogens is 3. The van der Waals surface area contributed by atoms with E-state index in [1.165, 1.54) is 6.42 Å². The maximum atomic E-state index is 13.6. The summed E-state index contributed by atoms with van der Waals surface area (Å²) in [5.41, 5.74) is -0.280. The summed E-state index contributed by atoms with van der Waals surface area (Å²) in [6.45, 7) is 0. The molecule has 0 saturated heterocycles. The molecule has 1 aromatic carbocycles. The third-order valence-corrected chi connectivity index (χ3v) is 5.31. The van der Waals surface area contributed by atoms with Crippen molar-refractivity contribution in [1.82, 2.24) is 0 Å². The van der Waals surface area contributed by atoms with Crippen LogP contribution in [0, 0.1) is 47.0 Å². The second-order valence-corrected chi connectivity index (χ2v) is 6.12. The van der Waals surface area contributed by atoms with Gasteiger partial charge in [0.15, 0.2) is 17.4 Å². The highest BCUT2D eigenvalue weighted by Gasteiger charge is 2.67. The van der Waals surface area contributed by atoms with Gasteiger partial charge in [-0.3, -0.25) is 4.79 Å². The molecule has 0 amide bonds. The lowest BCUT2D eigenvalue weighted by molar-refractivity contribution is 0.0940. The van der Waals surface area contributed by atoms with Crippen LogP contribution in [-0.4, -0.2) is 5.78 Å². The summed E-state index contributed by atoms with van der Waals surface area (Å²) in [6, 6.07) is 1.18. The van der Waals surface area contributed by atoms with E-state index in [9.17, 15) is 18.0 Å². The van der Waals surface area contributed by atoms with Crippen molar-refractivity contribution in [2.24, 2.45) is 29.6 Å². The first-order valence-electron chi connectivity index (χ1n) is 6.76. The van der Waals surface area contributed by atoms with Gasteiger partial charge >= 0.3 is 0 Å². The average molecular weight is 266 g/mol. The van der Waals surface area contributed by atoms with Gasteiger partial charge < -0.3 is 0 Å². The van der Waals surface area contributed by atoms with E-state index < -0.39 is 17.5 Å². The molecule has 1 nitrogen and oxygen atoms in total. The van der Waals surface area contributed by atoms with Gasteiger partial charge in [-0.25, -0.2) is 13.2 Å². The van der Waals surface area contributed by atoms with Crippen LogP contribution >= 0.6 is 0 Å². The quantitative estimate of drug-likeness (QED) is 0.590. The van der Waals surface area contributed by atoms with Crippen LogP contribution in [0.5, 0.6) is 0 Å². The number of fused-ring (bicyclic) bond motifs is 5. The van der Waals surface area contributed by atoms with Crippen LogP contribution in [-0.2, 0) is 0 Å². The number of carbonyl (C=O) groups excluding carboxylic acids is 1. The van der Waals surface area contributed by atoms with Crippen LogP contribution < -0.4 is 0 Å². The van der Waals surface area contributed by atoms with E-state index >= 15 is 0 Å². The molecule has 2 bridgehead atoms. The van der Waals surface area contributed by atoms with Gasteiger partial charge in [-0.2, -0.15) is 0 Å². The van der Waals surface area contributed by atoms with E-state index in [1.807, 2.05) is 0 Å². The molecule has 1 aromatic rings. The van der Waals surface area contributed by atoms with Gasteiger partial charge in [0.05, 0.1) is 5.56 Å². The molecule has 0 aromatic heterocycles. The summed E-state index contributed by atoms with van der Waals surface area (Å²) in [6.07, 6.45) is 3.52. The molecule has 0 spiro atoms. The van der Waals surface area contributed by atoms with Crippen molar-refractivity contribution in [3.63, 3.8) is 0 Å². The Morgan fingerprint density at radius 3 is 2.16 bits per heavy atom. The molecule has 100 valence electrons. The summed E-state index contributed by atoms with van der Waals surface area (Å²) in [5.74, 6) is -1.88. The standard InChI is InChI=1S/C15H13F3O/c16-9-5-11(18)10(17)4-8(9)15(19)14-12-6-1-2-7(3-6)13(12)14/h4-7,12-14H,1-3H2. The summed E-state index contributed by atoms with van der Waals surface area (Å²) < 4.78 is 39.7. The zero-order valence-corrected chi connectivity index (χ0v) is 10.2. The first-order valence-corrected chi connectivity index (χ1v) is 6.76. The van der Waals surface area contributed by atoms with Crippen molar-refractivity contribution in [3.05, 3.63) is 35.1 Å². The van der Waals surface area contributed by atoms with Crippen LogP contribution in [0.2, 0.25) is 0 Å². The maximum Gasteiger partial charge on any atom is 0.169 e. The van der Waals surface area contributed by atoms with E-state index in [2.05, 4.69) is 0 Å². The number of ketones is 1. The Morgan fingerprint density at radius 2 is 1.53 bits per heavy atom. The van der Waals surface area contributed by atoms with Crippen LogP contribution in [0.1, 0.15) is 29.6 Å². The zero-order chi connectivity index (χ0) is 13.3. The van der Waals surface area contributed by atoms with E-state index in [-0.39, 0.29) is 17.3 Å². The molecule has 3 fully saturated rings. The number of Topliss-reactive ketones (excluding diaryl/α,β-unsaturated/α-hetero) is 1. The van der Waals surface area contributed by atoms with Crippen molar-refractivity contribution in [2.75, 3.05) is 0 Å². The van der Waals surface area contributed by atoms with Gasteiger partial charge in [-0.15, -0.1) is 0 Å². The fraction of sp³-hybridized carbons (Fsp3) is 0.533. The Labute approximate surface area is 108 Å². The van der Waals surface area contributed by atoms with Crippen LogP contribution in [0.3, 0.4) is 0 Å². The monoisotopic (exact) mass is 266 g/mol. The fourth-order valence-corrected chi connectivity index (χ4v) is 4.57. The van der Waals surface area contributed by atoms with Crippen LogP contribution in [0.25, 0.3) is 0 Å². The highest BCUT2D eigenvalue weighted by Crippen LogP contribution is 2.69. The highest BCUT2D eigenvalue weighted by atomic mass is 19.2. The Balaban J connectivity index is 1.64. The molecule has 4 rings (SSSR count). The van der Waals surface area contributed by atoms with Gasteiger partial charge in [0.25, 0.3) is 0 Å². The number of hydrogen-bond donors (Lipinski definition) is 0. The van der Waals surface area contributed by atoms with Gasteiger partial charge in [-0.05, 0) is 49.0 Å². The molecule has 0 heterocycles. The average Bonchev–Trinajstić information content (AvgIpc) is 2.81. The smallest absolute Gasteiger partial charge is 0.169 e. The minimum atomic E-state index is -1.25. The molecular formula is C15H13F3O. The van der Waals surface area contributed by atoms with Gasteiger partial charge in [-0.1, -0.05) is 0 Å². The first-order chi connectivity index (χ1) is 9.08. The fourth-order valence-electron chi connectivity index (χ4n) is 4.57. The third kappa shape index (κ3) is 1.46. The van der Waals surface area contributed by atoms with Crippen molar-refractivity contribution in [1.29, 1.82) is 0 Å². The van der Waals surface area contributed by atoms with Crippen molar-refractivity contribution >= 4 is 5.78 Å². The number of hydrogen-bond acceptors (Lipinski definition) is 1. The van der Waals surface area contributed by atoms with Gasteiger partial charge in [0.2, 0.25) is 0 Å². The Morgan fingerprint density at radius 1 is 0.947 bits per heavy atom. The molecule has 3 saturated carbocycles. The predicted octanol–water partition coefficient (Wildman–Crippen LogP) is 3.58. The molecule has 0 radical (unpaired) electrons. The minimum Gasteiger partial charge on any atom is -0.294 e. The van der Waals surface area contributed by atoms with E-state index in [0.717, 1.165) is 12.8 Å². The lowest BCUT2D eigenvalue weighted by Gasteiger charge is -2.08. The second kappa shape index (κ2) is 3.62. The molecule has 3 aliphatic carbocycles. The molecular weight excluding hydrogens is 253 g/mol. The van der Waals surface area contributed by atoms with Crippen LogP contribution in [0.4, 0.5) is 13.2 Å². The largest absolute Gasteiger partial charge is 0.294 e. The summed E-state index contributed by atoms with van der Waals surface area (Å²) >= 11 is 0. The van der Waals surface area contributed by atoms with E-state index in [0.29, 0.717) is 35.8 Å². The summed E-state index contributed by atoms with van der Waals surface area (Å²) in [4.78, 5) is 12.3. The van der Waals surface area contributed by atoms with Crippen molar-refractivity contribution in [3.8, 4) is 0 Å². The topological polar surface area (TPSA) is 17.1 Å². The minimum absolute atomic E-state index is 0.148. The number of benzene rings is 1. The molecule has 3 aliphatic rings. The van der Waals surface area contributed by atoms with Crippen molar-refractivity contribution in [2.45, 2.75) is 19.3 Å². The summed E-state index contributed by atoms with van der Waals surface area (Å²) in [5, 5.41) is 0. The highest BCUT2D eigenvalue weighted by molar-refractivity contribution is 6.00. The van der Waals surface area contributed by atoms with E-state index in [4.69, 9.17) is 0 Å². The lowest BCUT2D eigenvalue weighted by Crippen LogP contribution is -2.12. The normalized spacial score (nSPS) is 38.4. The molecule has 0 N–H and O–H groups in total. The third-order valence-electron chi connectivity index (χ3n) is 5.31. The Kier molecular flexibility index (Phi) is 2.19. The molecule has 4 heteroatoms. The maximum absolute atomic E-state index is 13.6. The van der Waals surface area contributed by atoms with E-state index in [1.54, 1.807) is 0 Å². The zero-order valence-electron chi connectivity index (χ0n) is 10.2. The van der Waals surface area contributed by atoms with Gasteiger partial charge in [0, 0.05) is 12.0 Å². The SMILES string of the molecule is O=C(c1cc(F)c(F)cc1F)C1C2C3CCC(C3)C12. The number of rotatable bonds is 2. The lowest BCUT2D eigenvalue weighted by atomic mass is 9.96.